The molecular weight excluding hydrogens is 217 g/mol. The van der Waals surface area contributed by atoms with Gasteiger partial charge in [0.05, 0.1) is 32.5 Å². The van der Waals surface area contributed by atoms with E-state index in [4.69, 9.17) is 0 Å². The maximum Gasteiger partial charge on any atom is 0.319 e. The minimum atomic E-state index is -4.12. The third kappa shape index (κ3) is 7.56. The van der Waals surface area contributed by atoms with E-state index >= 15 is 0 Å². The van der Waals surface area contributed by atoms with E-state index in [1.54, 1.807) is 13.0 Å². The summed E-state index contributed by atoms with van der Waals surface area (Å²) in [6, 6.07) is 0. The van der Waals surface area contributed by atoms with Crippen LogP contribution in [-0.2, 0) is 13.6 Å². The quantitative estimate of drug-likeness (QED) is 0.475. The largest absolute Gasteiger partial charge is 0.746 e. The Bertz CT molecular complexity index is 228. The van der Waals surface area contributed by atoms with Gasteiger partial charge in [-0.3, -0.25) is 4.57 Å². The number of rotatable bonds is 8. The number of nitrogens with one attached hydrogen (secondary N) is 1. The number of quaternary nitrogens is 1. The zero-order valence-corrected chi connectivity index (χ0v) is 10.5. The Labute approximate surface area is 91.3 Å². The first kappa shape index (κ1) is 14.6. The number of hydrogen-bond donors (Lipinski definition) is 1. The highest BCUT2D eigenvalue weighted by Gasteiger charge is 2.05. The highest BCUT2D eigenvalue weighted by molar-refractivity contribution is 7.45. The molecule has 0 saturated heterocycles. The highest BCUT2D eigenvalue weighted by atomic mass is 31.2. The summed E-state index contributed by atoms with van der Waals surface area (Å²) in [5.41, 5.74) is 0. The normalized spacial score (nSPS) is 15.8. The fraction of sp³-hybridized carbons (Fsp3) is 0.778. The molecule has 0 saturated carbocycles. The average Bonchev–Trinajstić information content (AvgIpc) is 2.18. The molecule has 0 spiro atoms. The van der Waals surface area contributed by atoms with Gasteiger partial charge in [0, 0.05) is 6.08 Å². The lowest BCUT2D eigenvalue weighted by molar-refractivity contribution is -0.890. The van der Waals surface area contributed by atoms with E-state index in [2.05, 4.69) is 22.9 Å². The summed E-state index contributed by atoms with van der Waals surface area (Å²) < 4.78 is 19.8. The van der Waals surface area contributed by atoms with Crippen molar-refractivity contribution in [3.63, 3.8) is 0 Å². The van der Waals surface area contributed by atoms with Crippen LogP contribution in [0.5, 0.6) is 0 Å². The molecule has 0 rings (SSSR count). The van der Waals surface area contributed by atoms with Gasteiger partial charge in [0.15, 0.2) is 0 Å². The molecule has 0 aliphatic heterocycles. The third-order valence-corrected chi connectivity index (χ3v) is 2.93. The van der Waals surface area contributed by atoms with Crippen molar-refractivity contribution in [1.29, 1.82) is 0 Å². The van der Waals surface area contributed by atoms with E-state index in [1.807, 2.05) is 0 Å². The Morgan fingerprint density at radius 2 is 1.93 bits per heavy atom. The van der Waals surface area contributed by atoms with Crippen molar-refractivity contribution in [3.05, 3.63) is 12.3 Å². The minimum Gasteiger partial charge on any atom is -0.746 e. The van der Waals surface area contributed by atoms with Crippen molar-refractivity contribution in [3.8, 4) is 0 Å². The summed E-state index contributed by atoms with van der Waals surface area (Å²) in [6.07, 6.45) is 2.86. The number of likely N-dealkylation sites (N-methyl/N-ethyl adjacent to an activating group) is 1. The summed E-state index contributed by atoms with van der Waals surface area (Å²) in [7, 11) is -4.12. The second kappa shape index (κ2) is 7.88. The van der Waals surface area contributed by atoms with Gasteiger partial charge in [-0.15, -0.1) is 0 Å². The van der Waals surface area contributed by atoms with Crippen molar-refractivity contribution in [2.45, 2.75) is 20.8 Å². The van der Waals surface area contributed by atoms with Crippen LogP contribution in [0.2, 0.25) is 0 Å². The Balaban J connectivity index is 3.84. The Morgan fingerprint density at radius 1 is 1.33 bits per heavy atom. The molecule has 0 heterocycles. The van der Waals surface area contributed by atoms with Gasteiger partial charge >= 0.3 is 7.82 Å². The van der Waals surface area contributed by atoms with Crippen molar-refractivity contribution in [2.24, 2.45) is 0 Å². The van der Waals surface area contributed by atoms with Crippen LogP contribution in [0, 0.1) is 0 Å². The van der Waals surface area contributed by atoms with Gasteiger partial charge in [-0.25, -0.2) is 0 Å². The van der Waals surface area contributed by atoms with Crippen molar-refractivity contribution in [1.82, 2.24) is 0 Å². The van der Waals surface area contributed by atoms with Crippen LogP contribution in [0.3, 0.4) is 0 Å². The van der Waals surface area contributed by atoms with Gasteiger partial charge in [0.2, 0.25) is 0 Å². The molecule has 0 fully saturated rings. The molecule has 90 valence electrons. The predicted molar refractivity (Wildman–Crippen MR) is 56.4 cm³/mol. The van der Waals surface area contributed by atoms with Crippen LogP contribution < -0.4 is 9.79 Å². The summed E-state index contributed by atoms with van der Waals surface area (Å²) in [5.74, 6) is 0. The van der Waals surface area contributed by atoms with Crippen LogP contribution in [0.15, 0.2) is 12.3 Å². The molecule has 1 unspecified atom stereocenters. The van der Waals surface area contributed by atoms with Crippen LogP contribution in [-0.4, -0.2) is 26.2 Å². The molecule has 1 N–H and O–H groups in total. The summed E-state index contributed by atoms with van der Waals surface area (Å²) in [6.45, 7) is 8.59. The second-order valence-corrected chi connectivity index (χ2v) is 4.37. The zero-order valence-electron chi connectivity index (χ0n) is 9.56. The number of phosphoric ester groups is 1. The van der Waals surface area contributed by atoms with Crippen molar-refractivity contribution < 1.29 is 23.4 Å². The summed E-state index contributed by atoms with van der Waals surface area (Å²) >= 11 is 0. The van der Waals surface area contributed by atoms with Crippen LogP contribution in [0.4, 0.5) is 0 Å². The molecule has 0 aromatic heterocycles. The first-order valence-corrected chi connectivity index (χ1v) is 6.64. The Kier molecular flexibility index (Phi) is 7.70. The minimum absolute atomic E-state index is 0.0932. The molecule has 0 bridgehead atoms. The highest BCUT2D eigenvalue weighted by Crippen LogP contribution is 2.37. The smallest absolute Gasteiger partial charge is 0.319 e. The lowest BCUT2D eigenvalue weighted by Crippen LogP contribution is -3.11. The Morgan fingerprint density at radius 3 is 2.40 bits per heavy atom. The maximum absolute atomic E-state index is 10.9. The van der Waals surface area contributed by atoms with E-state index in [9.17, 15) is 9.46 Å². The molecule has 0 aliphatic carbocycles. The third-order valence-electron chi connectivity index (χ3n) is 1.98. The molecule has 0 aromatic rings. The molecule has 5 nitrogen and oxygen atoms in total. The first-order valence-electron chi connectivity index (χ1n) is 5.18. The lowest BCUT2D eigenvalue weighted by Gasteiger charge is -2.20. The van der Waals surface area contributed by atoms with Gasteiger partial charge in [0.1, 0.15) is 0 Å². The first-order chi connectivity index (χ1) is 7.05. The molecule has 0 aromatic carbocycles. The van der Waals surface area contributed by atoms with Crippen LogP contribution >= 0.6 is 7.82 Å². The van der Waals surface area contributed by atoms with Gasteiger partial charge in [0.25, 0.3) is 0 Å². The Hall–Kier alpha value is -0.350. The molecule has 15 heavy (non-hydrogen) atoms. The van der Waals surface area contributed by atoms with E-state index in [1.165, 1.54) is 11.2 Å². The van der Waals surface area contributed by atoms with E-state index < -0.39 is 7.82 Å². The van der Waals surface area contributed by atoms with Gasteiger partial charge in [-0.05, 0) is 20.8 Å². The molecule has 6 heteroatoms. The molecule has 0 radical (unpaired) electrons. The van der Waals surface area contributed by atoms with Crippen LogP contribution in [0.1, 0.15) is 20.8 Å². The standard InChI is InChI=1S/C9H20NO4P/c1-4-10(5-2)8-7-9-14-15(11,12)13-6-3/h7,9H,4-6,8H2,1-3H3,(H,11,12)/b9-7+. The monoisotopic (exact) mass is 237 g/mol. The fourth-order valence-electron chi connectivity index (χ4n) is 1.06. The lowest BCUT2D eigenvalue weighted by atomic mass is 10.5. The number of hydrogen-bond acceptors (Lipinski definition) is 4. The van der Waals surface area contributed by atoms with E-state index in [0.29, 0.717) is 0 Å². The molecule has 1 atom stereocenters. The maximum atomic E-state index is 10.9. The van der Waals surface area contributed by atoms with E-state index in [-0.39, 0.29) is 6.61 Å². The molecule has 0 amide bonds. The summed E-state index contributed by atoms with van der Waals surface area (Å²) in [4.78, 5) is 12.3. The molecular formula is C9H20NO4P. The second-order valence-electron chi connectivity index (χ2n) is 3.00. The summed E-state index contributed by atoms with van der Waals surface area (Å²) in [5, 5.41) is 0. The fourth-order valence-corrected chi connectivity index (χ4v) is 1.67. The zero-order chi connectivity index (χ0) is 11.7. The van der Waals surface area contributed by atoms with Crippen molar-refractivity contribution in [2.75, 3.05) is 26.2 Å². The number of phosphoric acid groups is 1. The van der Waals surface area contributed by atoms with E-state index in [0.717, 1.165) is 19.6 Å². The SMILES string of the molecule is CCOP(=O)([O-])O/C=C/C[NH+](CC)CC. The topological polar surface area (TPSA) is 63.0 Å². The van der Waals surface area contributed by atoms with Gasteiger partial charge in [-0.2, -0.15) is 0 Å². The van der Waals surface area contributed by atoms with Crippen molar-refractivity contribution >= 4 is 7.82 Å². The predicted octanol–water partition coefficient (Wildman–Crippen LogP) is -0.0537. The average molecular weight is 237 g/mol. The molecule has 0 aliphatic rings. The van der Waals surface area contributed by atoms with Crippen LogP contribution in [0.25, 0.3) is 0 Å². The van der Waals surface area contributed by atoms with Gasteiger partial charge in [-0.1, -0.05) is 0 Å². The van der Waals surface area contributed by atoms with Gasteiger partial charge < -0.3 is 18.8 Å².